The van der Waals surface area contributed by atoms with Gasteiger partial charge in [0, 0.05) is 26.3 Å². The molecule has 3 rings (SSSR count). The van der Waals surface area contributed by atoms with E-state index in [0.29, 0.717) is 32.0 Å². The molecular weight excluding hydrogens is 329 g/mol. The Hall–Kier alpha value is -2.19. The average Bonchev–Trinajstić information content (AvgIpc) is 2.61. The Labute approximate surface area is 145 Å². The first-order chi connectivity index (χ1) is 12.0. The van der Waals surface area contributed by atoms with Gasteiger partial charge in [-0.15, -0.1) is 0 Å². The molecule has 7 nitrogen and oxygen atoms in total. The van der Waals surface area contributed by atoms with Crippen molar-refractivity contribution in [1.82, 2.24) is 10.2 Å². The predicted octanol–water partition coefficient (Wildman–Crippen LogP) is 1.08. The number of hydrogen-bond donors (Lipinski definition) is 2. The van der Waals surface area contributed by atoms with Gasteiger partial charge in [0.25, 0.3) is 0 Å². The Morgan fingerprint density at radius 3 is 3.04 bits per heavy atom. The largest absolute Gasteiger partial charge is 0.491 e. The third kappa shape index (κ3) is 3.07. The monoisotopic (exact) mass is 351 g/mol. The van der Waals surface area contributed by atoms with Crippen molar-refractivity contribution in [1.29, 1.82) is 5.41 Å². The van der Waals surface area contributed by atoms with E-state index < -0.39 is 17.3 Å². The van der Waals surface area contributed by atoms with Crippen LogP contribution < -0.4 is 10.1 Å². The highest BCUT2D eigenvalue weighted by molar-refractivity contribution is 6.00. The van der Waals surface area contributed by atoms with E-state index in [-0.39, 0.29) is 24.0 Å². The minimum atomic E-state index is -1.11. The Bertz CT molecular complexity index is 684. The topological polar surface area (TPSA) is 83.9 Å². The summed E-state index contributed by atoms with van der Waals surface area (Å²) in [5.74, 6) is -0.780. The van der Waals surface area contributed by atoms with E-state index >= 15 is 0 Å². The number of hydrogen-bond acceptors (Lipinski definition) is 5. The van der Waals surface area contributed by atoms with Crippen molar-refractivity contribution in [3.8, 4) is 5.75 Å². The molecular formula is C17H22FN3O4. The lowest BCUT2D eigenvalue weighted by Crippen LogP contribution is -2.68. The fraction of sp³-hybridized carbons (Fsp3) is 0.529. The summed E-state index contributed by atoms with van der Waals surface area (Å²) < 4.78 is 30.8. The summed E-state index contributed by atoms with van der Waals surface area (Å²) in [7, 11) is 3.11. The number of rotatable bonds is 5. The number of ether oxygens (including phenoxy) is 3. The lowest BCUT2D eigenvalue weighted by molar-refractivity contribution is -0.143. The molecule has 25 heavy (non-hydrogen) atoms. The van der Waals surface area contributed by atoms with Crippen molar-refractivity contribution in [2.75, 3.05) is 40.6 Å². The lowest BCUT2D eigenvalue weighted by atomic mass is 9.73. The summed E-state index contributed by atoms with van der Waals surface area (Å²) in [5, 5.41) is 11.1. The molecule has 8 heteroatoms. The van der Waals surface area contributed by atoms with Crippen LogP contribution in [0.4, 0.5) is 4.39 Å². The molecule has 0 aliphatic carbocycles. The molecule has 0 spiro atoms. The van der Waals surface area contributed by atoms with Gasteiger partial charge in [-0.25, -0.2) is 4.39 Å². The zero-order valence-corrected chi connectivity index (χ0v) is 14.3. The van der Waals surface area contributed by atoms with Crippen LogP contribution in [0.25, 0.3) is 0 Å². The fourth-order valence-corrected chi connectivity index (χ4v) is 3.39. The number of fused-ring (bicyclic) bond motifs is 1. The van der Waals surface area contributed by atoms with Crippen LogP contribution in [-0.2, 0) is 19.8 Å². The zero-order chi connectivity index (χ0) is 18.0. The number of nitrogens with zero attached hydrogens (tertiary/aromatic N) is 1. The van der Waals surface area contributed by atoms with Crippen LogP contribution >= 0.6 is 0 Å². The van der Waals surface area contributed by atoms with Gasteiger partial charge >= 0.3 is 0 Å². The number of amides is 1. The molecule has 2 aliphatic heterocycles. The summed E-state index contributed by atoms with van der Waals surface area (Å²) in [4.78, 5) is 13.9. The number of methoxy groups -OCH3 is 1. The first-order valence-corrected chi connectivity index (χ1v) is 8.13. The lowest BCUT2D eigenvalue weighted by Gasteiger charge is -2.49. The molecule has 0 saturated carbocycles. The van der Waals surface area contributed by atoms with Gasteiger partial charge in [0.15, 0.2) is 5.96 Å². The molecule has 2 atom stereocenters. The van der Waals surface area contributed by atoms with Crippen LogP contribution in [-0.4, -0.2) is 57.4 Å². The number of nitrogens with one attached hydrogen (secondary N) is 2. The molecule has 0 unspecified atom stereocenters. The predicted molar refractivity (Wildman–Crippen MR) is 88.0 cm³/mol. The minimum Gasteiger partial charge on any atom is -0.491 e. The quantitative estimate of drug-likeness (QED) is 0.776. The van der Waals surface area contributed by atoms with E-state index in [4.69, 9.17) is 19.6 Å². The highest BCUT2D eigenvalue weighted by Crippen LogP contribution is 2.41. The molecule has 2 aliphatic rings. The second kappa shape index (κ2) is 6.97. The summed E-state index contributed by atoms with van der Waals surface area (Å²) in [5.41, 5.74) is -0.831. The molecule has 2 saturated heterocycles. The van der Waals surface area contributed by atoms with Gasteiger partial charge in [-0.1, -0.05) is 0 Å². The van der Waals surface area contributed by atoms with Gasteiger partial charge in [-0.05, 0) is 24.6 Å². The van der Waals surface area contributed by atoms with Crippen molar-refractivity contribution in [3.63, 3.8) is 0 Å². The van der Waals surface area contributed by atoms with Gasteiger partial charge in [-0.2, -0.15) is 0 Å². The van der Waals surface area contributed by atoms with Crippen LogP contribution in [0.3, 0.4) is 0 Å². The van der Waals surface area contributed by atoms with Crippen molar-refractivity contribution < 1.29 is 23.4 Å². The molecule has 2 N–H and O–H groups in total. The molecule has 2 fully saturated rings. The van der Waals surface area contributed by atoms with E-state index in [1.54, 1.807) is 13.2 Å². The summed E-state index contributed by atoms with van der Waals surface area (Å²) in [6.07, 6.45) is 0.456. The highest BCUT2D eigenvalue weighted by Gasteiger charge is 2.53. The molecule has 1 aromatic rings. The standard InChI is InChI=1S/C17H22FN3O4/c1-21-15(22)12-5-6-24-10-17(12,20-16(21)19)13-9-11(3-4-14(13)18)25-8-7-23-2/h3-4,9,12H,5-8,10H2,1-2H3,(H2,19,20)/t12-,17-/m0/s1. The van der Waals surface area contributed by atoms with Gasteiger partial charge in [0.05, 0.1) is 19.1 Å². The first kappa shape index (κ1) is 17.6. The van der Waals surface area contributed by atoms with E-state index in [0.717, 1.165) is 0 Å². The van der Waals surface area contributed by atoms with E-state index in [9.17, 15) is 9.18 Å². The third-order valence-corrected chi connectivity index (χ3v) is 4.76. The minimum absolute atomic E-state index is 0.0724. The Kier molecular flexibility index (Phi) is 4.91. The highest BCUT2D eigenvalue weighted by atomic mass is 19.1. The van der Waals surface area contributed by atoms with Crippen molar-refractivity contribution in [2.45, 2.75) is 12.0 Å². The molecule has 0 radical (unpaired) electrons. The molecule has 2 heterocycles. The first-order valence-electron chi connectivity index (χ1n) is 8.13. The molecule has 1 aromatic carbocycles. The van der Waals surface area contributed by atoms with E-state index in [1.165, 1.54) is 24.1 Å². The smallest absolute Gasteiger partial charge is 0.235 e. The second-order valence-electron chi connectivity index (χ2n) is 6.22. The van der Waals surface area contributed by atoms with Crippen LogP contribution in [0.2, 0.25) is 0 Å². The van der Waals surface area contributed by atoms with E-state index in [2.05, 4.69) is 5.32 Å². The summed E-state index contributed by atoms with van der Waals surface area (Å²) >= 11 is 0. The Balaban J connectivity index is 2.00. The van der Waals surface area contributed by atoms with Gasteiger partial charge in [-0.3, -0.25) is 15.1 Å². The SMILES string of the molecule is COCCOc1ccc(F)c([C@]23COCC[C@H]2C(=O)N(C)C(=N)N3)c1. The molecule has 136 valence electrons. The number of halogens is 1. The maximum Gasteiger partial charge on any atom is 0.235 e. The molecule has 0 aromatic heterocycles. The number of benzene rings is 1. The Morgan fingerprint density at radius 2 is 2.28 bits per heavy atom. The molecule has 0 bridgehead atoms. The van der Waals surface area contributed by atoms with Crippen LogP contribution in [0.15, 0.2) is 18.2 Å². The number of guanidine groups is 1. The maximum atomic E-state index is 14.7. The van der Waals surface area contributed by atoms with Crippen molar-refractivity contribution in [2.24, 2.45) is 5.92 Å². The summed E-state index contributed by atoms with van der Waals surface area (Å²) in [6, 6.07) is 4.42. The third-order valence-electron chi connectivity index (χ3n) is 4.76. The fourth-order valence-electron chi connectivity index (χ4n) is 3.39. The normalized spacial score (nSPS) is 26.2. The molecule has 1 amide bonds. The maximum absolute atomic E-state index is 14.7. The van der Waals surface area contributed by atoms with Gasteiger partial charge in [0.2, 0.25) is 5.91 Å². The van der Waals surface area contributed by atoms with Crippen molar-refractivity contribution in [3.05, 3.63) is 29.6 Å². The average molecular weight is 351 g/mol. The Morgan fingerprint density at radius 1 is 1.48 bits per heavy atom. The summed E-state index contributed by atoms with van der Waals surface area (Å²) in [6.45, 7) is 1.28. The zero-order valence-electron chi connectivity index (χ0n) is 14.3. The van der Waals surface area contributed by atoms with Gasteiger partial charge < -0.3 is 19.5 Å². The van der Waals surface area contributed by atoms with E-state index in [1.807, 2.05) is 0 Å². The van der Waals surface area contributed by atoms with Crippen LogP contribution in [0.1, 0.15) is 12.0 Å². The number of carbonyl (C=O) groups is 1. The van der Waals surface area contributed by atoms with Crippen LogP contribution in [0, 0.1) is 17.1 Å². The van der Waals surface area contributed by atoms with Crippen LogP contribution in [0.5, 0.6) is 5.75 Å². The number of carbonyl (C=O) groups excluding carboxylic acids is 1. The van der Waals surface area contributed by atoms with Gasteiger partial charge in [0.1, 0.15) is 23.7 Å². The second-order valence-corrected chi connectivity index (χ2v) is 6.22. The van der Waals surface area contributed by atoms with Crippen molar-refractivity contribution >= 4 is 11.9 Å².